The normalized spacial score (nSPS) is 14.0. The van der Waals surface area contributed by atoms with Gasteiger partial charge in [-0.2, -0.15) is 0 Å². The van der Waals surface area contributed by atoms with Crippen LogP contribution in [0.15, 0.2) is 0 Å². The molecule has 0 rings (SSSR count). The Morgan fingerprint density at radius 1 is 0.909 bits per heavy atom. The van der Waals surface area contributed by atoms with Crippen molar-refractivity contribution in [3.8, 4) is 0 Å². The predicted molar refractivity (Wildman–Crippen MR) is 52.3 cm³/mol. The molecule has 0 aromatic carbocycles. The van der Waals surface area contributed by atoms with Gasteiger partial charge in [0, 0.05) is 32.6 Å². The fourth-order valence-corrected chi connectivity index (χ4v) is 0.703. The molecule has 0 aliphatic carbocycles. The minimum atomic E-state index is -2.95. The van der Waals surface area contributed by atoms with Gasteiger partial charge in [-0.25, -0.2) is 4.79 Å². The molecule has 11 nitrogen and oxygen atoms in total. The van der Waals surface area contributed by atoms with Crippen LogP contribution in [0.5, 0.6) is 0 Å². The maximum absolute atomic E-state index is 10.3. The molecule has 0 aromatic heterocycles. The van der Waals surface area contributed by atoms with Crippen LogP contribution in [0.4, 0.5) is 0 Å². The van der Waals surface area contributed by atoms with Crippen molar-refractivity contribution in [2.45, 2.75) is 18.4 Å². The molecular formula is C6H7Na3O11S2. The summed E-state index contributed by atoms with van der Waals surface area (Å²) in [7, 11) is -5.90. The summed E-state index contributed by atoms with van der Waals surface area (Å²) in [5, 5.41) is 35.5. The number of rotatable bonds is 6. The van der Waals surface area contributed by atoms with Crippen molar-refractivity contribution in [2.75, 3.05) is 0 Å². The Kier molecular flexibility index (Phi) is 27.6. The van der Waals surface area contributed by atoms with Gasteiger partial charge in [0.1, 0.15) is 0 Å². The van der Waals surface area contributed by atoms with Gasteiger partial charge in [0.05, 0.1) is 6.42 Å². The Morgan fingerprint density at radius 3 is 1.36 bits per heavy atom. The van der Waals surface area contributed by atoms with Crippen molar-refractivity contribution in [2.24, 2.45) is 0 Å². The minimum absolute atomic E-state index is 0. The zero-order chi connectivity index (χ0) is 15.8. The fourth-order valence-electron chi connectivity index (χ4n) is 0.703. The van der Waals surface area contributed by atoms with Crippen molar-refractivity contribution in [1.82, 2.24) is 0 Å². The van der Waals surface area contributed by atoms with Crippen molar-refractivity contribution in [3.05, 3.63) is 0 Å². The molecule has 0 amide bonds. The maximum atomic E-state index is 10.3. The summed E-state index contributed by atoms with van der Waals surface area (Å²) in [5.74, 6) is -5.34. The van der Waals surface area contributed by atoms with E-state index in [1.54, 1.807) is 0 Å². The van der Waals surface area contributed by atoms with E-state index in [-0.39, 0.29) is 88.7 Å². The molecule has 0 spiro atoms. The first kappa shape index (κ1) is 34.8. The largest absolute Gasteiger partial charge is 1.00 e. The van der Waals surface area contributed by atoms with Gasteiger partial charge in [0.25, 0.3) is 0 Å². The molecule has 0 bridgehead atoms. The Hall–Kier alpha value is 1.59. The first-order chi connectivity index (χ1) is 8.42. The Bertz CT molecular complexity index is 387. The zero-order valence-corrected chi connectivity index (χ0v) is 19.5. The SMILES string of the molecule is O=C([O-])CC(O)(CC(=O)O)C(=O)O.O=S([O-])S(=O)[O-].[Na+].[Na+].[Na+]. The van der Waals surface area contributed by atoms with E-state index in [9.17, 15) is 19.5 Å². The van der Waals surface area contributed by atoms with Crippen LogP contribution >= 0.6 is 0 Å². The molecule has 112 valence electrons. The van der Waals surface area contributed by atoms with Crippen molar-refractivity contribution < 1.29 is 141 Å². The van der Waals surface area contributed by atoms with E-state index in [4.69, 9.17) is 32.8 Å². The summed E-state index contributed by atoms with van der Waals surface area (Å²) in [5.41, 5.74) is -2.80. The smallest absolute Gasteiger partial charge is 0.763 e. The monoisotopic (exact) mass is 388 g/mol. The van der Waals surface area contributed by atoms with Gasteiger partial charge in [-0.1, -0.05) is 0 Å². The van der Waals surface area contributed by atoms with Crippen LogP contribution in [0.1, 0.15) is 12.8 Å². The van der Waals surface area contributed by atoms with Gasteiger partial charge < -0.3 is 34.3 Å². The molecule has 0 aliphatic rings. The molecule has 0 fully saturated rings. The molecule has 3 N–H and O–H groups in total. The summed E-state index contributed by atoms with van der Waals surface area (Å²) >= 11 is 0. The Labute approximate surface area is 195 Å². The van der Waals surface area contributed by atoms with E-state index in [0.717, 1.165) is 0 Å². The molecule has 3 atom stereocenters. The van der Waals surface area contributed by atoms with Gasteiger partial charge in [0.2, 0.25) is 0 Å². The average molecular weight is 388 g/mol. The van der Waals surface area contributed by atoms with Crippen LogP contribution in [0.3, 0.4) is 0 Å². The fraction of sp³-hybridized carbons (Fsp3) is 0.500. The number of hydrogen-bond donors (Lipinski definition) is 3. The quantitative estimate of drug-likeness (QED) is 0.220. The van der Waals surface area contributed by atoms with Crippen molar-refractivity contribution >= 4 is 38.1 Å². The molecule has 0 aromatic rings. The van der Waals surface area contributed by atoms with Crippen LogP contribution in [0.2, 0.25) is 0 Å². The van der Waals surface area contributed by atoms with Gasteiger partial charge in [-0.15, -0.1) is 0 Å². The topological polar surface area (TPSA) is 215 Å². The van der Waals surface area contributed by atoms with Crippen LogP contribution in [0, 0.1) is 0 Å². The number of aliphatic hydroxyl groups is 1. The predicted octanol–water partition coefficient (Wildman–Crippen LogP) is -12.9. The summed E-state index contributed by atoms with van der Waals surface area (Å²) < 4.78 is 36.3. The minimum Gasteiger partial charge on any atom is -0.763 e. The Balaban J connectivity index is -0.0000000933. The third-order valence-electron chi connectivity index (χ3n) is 1.39. The number of carbonyl (C=O) groups is 3. The second kappa shape index (κ2) is 17.4. The first-order valence-electron chi connectivity index (χ1n) is 3.98. The molecule has 0 radical (unpaired) electrons. The third kappa shape index (κ3) is 19.6. The van der Waals surface area contributed by atoms with Crippen LogP contribution in [0.25, 0.3) is 0 Å². The Morgan fingerprint density at radius 2 is 1.23 bits per heavy atom. The summed E-state index contributed by atoms with van der Waals surface area (Å²) in [4.78, 5) is 30.3. The first-order valence-corrected chi connectivity index (χ1v) is 6.65. The summed E-state index contributed by atoms with van der Waals surface area (Å²) in [6.07, 6.45) is -2.44. The van der Waals surface area contributed by atoms with Crippen molar-refractivity contribution in [1.29, 1.82) is 0 Å². The van der Waals surface area contributed by atoms with Crippen LogP contribution < -0.4 is 93.8 Å². The number of carboxylic acid groups (broad SMARTS) is 3. The maximum Gasteiger partial charge on any atom is 1.00 e. The van der Waals surface area contributed by atoms with E-state index >= 15 is 0 Å². The van der Waals surface area contributed by atoms with Crippen LogP contribution in [-0.2, 0) is 34.6 Å². The number of carbonyl (C=O) groups excluding carboxylic acids is 1. The molecule has 0 heterocycles. The van der Waals surface area contributed by atoms with Crippen molar-refractivity contribution in [3.63, 3.8) is 0 Å². The molecule has 0 aliphatic heterocycles. The van der Waals surface area contributed by atoms with E-state index in [1.807, 2.05) is 0 Å². The summed E-state index contributed by atoms with van der Waals surface area (Å²) in [6.45, 7) is 0. The second-order valence-electron chi connectivity index (χ2n) is 2.86. The molecule has 0 saturated carbocycles. The zero-order valence-electron chi connectivity index (χ0n) is 11.8. The van der Waals surface area contributed by atoms with E-state index in [1.165, 1.54) is 0 Å². The average Bonchev–Trinajstić information content (AvgIpc) is 2.14. The van der Waals surface area contributed by atoms with E-state index in [2.05, 4.69) is 0 Å². The standard InChI is InChI=1S/C6H8O7.3Na.H2O4S2/c7-3(8)1-6(13,5(11)12)2-4(9)10;;;;1-5(2)6(3)4/h13H,1-2H2,(H,7,8)(H,9,10)(H,11,12);;;;(H,1,2)(H,3,4)/q;3*+1;/p-3. The second-order valence-corrected chi connectivity index (χ2v) is 5.31. The van der Waals surface area contributed by atoms with Gasteiger partial charge >= 0.3 is 101 Å². The van der Waals surface area contributed by atoms with Gasteiger partial charge in [-0.05, 0) is 0 Å². The third-order valence-corrected chi connectivity index (χ3v) is 2.28. The summed E-state index contributed by atoms with van der Waals surface area (Å²) in [6, 6.07) is 0. The molecule has 16 heteroatoms. The van der Waals surface area contributed by atoms with E-state index in [0.29, 0.717) is 0 Å². The van der Waals surface area contributed by atoms with Gasteiger partial charge in [-0.3, -0.25) is 13.2 Å². The van der Waals surface area contributed by atoms with Crippen LogP contribution in [-0.4, -0.2) is 56.4 Å². The molecule has 22 heavy (non-hydrogen) atoms. The number of hydrogen-bond acceptors (Lipinski definition) is 9. The molecular weight excluding hydrogens is 381 g/mol. The number of aliphatic carboxylic acids is 3. The molecule has 3 unspecified atom stereocenters. The molecule has 0 saturated heterocycles. The van der Waals surface area contributed by atoms with Gasteiger partial charge in [0.15, 0.2) is 5.60 Å². The van der Waals surface area contributed by atoms with E-state index < -0.39 is 56.6 Å². The number of carboxylic acids is 3.